The summed E-state index contributed by atoms with van der Waals surface area (Å²) in [5.41, 5.74) is -1.70. The van der Waals surface area contributed by atoms with Crippen LogP contribution in [0, 0.1) is 24.1 Å². The van der Waals surface area contributed by atoms with Crippen molar-refractivity contribution >= 4 is 17.3 Å². The minimum absolute atomic E-state index is 0.0521. The molecule has 1 aliphatic heterocycles. The monoisotopic (exact) mass is 542 g/mol. The molecule has 1 amide bonds. The first kappa shape index (κ1) is 27.8. The molecule has 39 heavy (non-hydrogen) atoms. The Kier molecular flexibility index (Phi) is 7.48. The molecule has 0 bridgehead atoms. The molecule has 1 unspecified atom stereocenters. The number of aryl methyl sites for hydroxylation is 1. The molecule has 3 heterocycles. The molecule has 1 saturated heterocycles. The van der Waals surface area contributed by atoms with Gasteiger partial charge in [0.15, 0.2) is 0 Å². The van der Waals surface area contributed by atoms with Crippen molar-refractivity contribution in [2.24, 2.45) is 0 Å². The van der Waals surface area contributed by atoms with Gasteiger partial charge in [-0.1, -0.05) is 0 Å². The van der Waals surface area contributed by atoms with E-state index in [1.165, 1.54) is 24.4 Å². The van der Waals surface area contributed by atoms with Crippen LogP contribution in [0.1, 0.15) is 41.0 Å². The lowest BCUT2D eigenvalue weighted by Crippen LogP contribution is -2.55. The van der Waals surface area contributed by atoms with E-state index in [0.717, 1.165) is 0 Å². The van der Waals surface area contributed by atoms with Gasteiger partial charge in [0.2, 0.25) is 5.56 Å². The maximum Gasteiger partial charge on any atom is 0.417 e. The number of nitriles is 1. The number of halogens is 4. The van der Waals surface area contributed by atoms with Gasteiger partial charge < -0.3 is 15.2 Å². The van der Waals surface area contributed by atoms with Crippen molar-refractivity contribution in [2.45, 2.75) is 39.0 Å². The normalized spacial score (nSPS) is 18.1. The number of aromatic amines is 1. The average molecular weight is 543 g/mol. The van der Waals surface area contributed by atoms with Gasteiger partial charge >= 0.3 is 6.18 Å². The second kappa shape index (κ2) is 10.5. The Hall–Kier alpha value is -4.24. The van der Waals surface area contributed by atoms with Crippen molar-refractivity contribution in [1.82, 2.24) is 14.9 Å². The molecule has 0 aliphatic carbocycles. The molecule has 4 rings (SSSR count). The number of likely N-dealkylation sites (N-methyl/N-ethyl adjacent to an activating group) is 1. The van der Waals surface area contributed by atoms with Gasteiger partial charge in [-0.15, -0.1) is 0 Å². The lowest BCUT2D eigenvalue weighted by molar-refractivity contribution is -0.138. The van der Waals surface area contributed by atoms with Crippen molar-refractivity contribution in [1.29, 1.82) is 5.26 Å². The molecule has 0 radical (unpaired) electrons. The van der Waals surface area contributed by atoms with Gasteiger partial charge in [0, 0.05) is 54.8 Å². The van der Waals surface area contributed by atoms with Crippen LogP contribution in [-0.4, -0.2) is 53.0 Å². The fourth-order valence-electron chi connectivity index (χ4n) is 4.71. The van der Waals surface area contributed by atoms with Gasteiger partial charge in [-0.2, -0.15) is 18.4 Å². The zero-order valence-electron chi connectivity index (χ0n) is 21.7. The largest absolute Gasteiger partial charge is 0.417 e. The van der Waals surface area contributed by atoms with Gasteiger partial charge in [-0.3, -0.25) is 14.5 Å². The smallest absolute Gasteiger partial charge is 0.367 e. The molecular weight excluding hydrogens is 516 g/mol. The molecule has 2 aromatic heterocycles. The third kappa shape index (κ3) is 5.63. The molecule has 204 valence electrons. The van der Waals surface area contributed by atoms with Gasteiger partial charge in [-0.25, -0.2) is 9.37 Å². The van der Waals surface area contributed by atoms with Crippen molar-refractivity contribution < 1.29 is 22.4 Å². The summed E-state index contributed by atoms with van der Waals surface area (Å²) >= 11 is 0. The van der Waals surface area contributed by atoms with Gasteiger partial charge in [0.1, 0.15) is 17.6 Å². The summed E-state index contributed by atoms with van der Waals surface area (Å²) < 4.78 is 56.5. The van der Waals surface area contributed by atoms with E-state index in [0.29, 0.717) is 42.2 Å². The number of carbonyl (C=O) groups is 1. The Bertz CT molecular complexity index is 1520. The zero-order chi connectivity index (χ0) is 28.6. The topological polar surface area (TPSA) is 105 Å². The number of piperazine rings is 1. The number of H-pyrrole nitrogens is 1. The Balaban J connectivity index is 1.85. The summed E-state index contributed by atoms with van der Waals surface area (Å²) in [6, 6.07) is 6.45. The van der Waals surface area contributed by atoms with Crippen molar-refractivity contribution in [3.8, 4) is 17.2 Å². The Morgan fingerprint density at radius 2 is 1.82 bits per heavy atom. The second-order valence-corrected chi connectivity index (χ2v) is 9.69. The number of anilines is 2. The van der Waals surface area contributed by atoms with Crippen molar-refractivity contribution in [2.75, 3.05) is 30.4 Å². The summed E-state index contributed by atoms with van der Waals surface area (Å²) in [7, 11) is 1.97. The van der Waals surface area contributed by atoms with Crippen LogP contribution in [-0.2, 0) is 6.18 Å². The van der Waals surface area contributed by atoms with E-state index in [-0.39, 0.29) is 29.0 Å². The molecule has 0 saturated carbocycles. The highest BCUT2D eigenvalue weighted by Gasteiger charge is 2.36. The van der Waals surface area contributed by atoms with Crippen LogP contribution in [0.3, 0.4) is 0 Å². The van der Waals surface area contributed by atoms with E-state index in [2.05, 4.69) is 20.2 Å². The molecule has 2 N–H and O–H groups in total. The summed E-state index contributed by atoms with van der Waals surface area (Å²) in [6.07, 6.45) is -2.91. The Labute approximate surface area is 221 Å². The van der Waals surface area contributed by atoms with Crippen molar-refractivity contribution in [3.05, 3.63) is 75.2 Å². The number of carbonyl (C=O) groups excluding carboxylic acids is 1. The maximum atomic E-state index is 15.6. The summed E-state index contributed by atoms with van der Waals surface area (Å²) in [5, 5.41) is 11.6. The standard InChI is InChI=1S/C27H26F4N6O2/c1-14-5-17(9-32)33-10-19(14)18-6-23(24(8-22(18)28)37-12-15(2)36(4)16(3)13-37)35-26(39)20-11-34-25(38)7-21(20)27(29,30)31/h5-8,10-11,15-16H,12-13H2,1-4H3,(H,34,38)(H,35,39)/t15-,16?/m0/s1. The summed E-state index contributed by atoms with van der Waals surface area (Å²) in [6.45, 7) is 6.61. The predicted molar refractivity (Wildman–Crippen MR) is 138 cm³/mol. The number of benzene rings is 1. The van der Waals surface area contributed by atoms with E-state index in [1.54, 1.807) is 6.92 Å². The van der Waals surface area contributed by atoms with Crippen molar-refractivity contribution in [3.63, 3.8) is 0 Å². The summed E-state index contributed by atoms with van der Waals surface area (Å²) in [4.78, 5) is 34.9. The number of nitrogens with one attached hydrogen (secondary N) is 2. The first-order valence-corrected chi connectivity index (χ1v) is 12.1. The lowest BCUT2D eigenvalue weighted by Gasteiger charge is -2.44. The van der Waals surface area contributed by atoms with E-state index in [4.69, 9.17) is 5.26 Å². The minimum Gasteiger partial charge on any atom is -0.367 e. The third-order valence-electron chi connectivity index (χ3n) is 7.02. The highest BCUT2D eigenvalue weighted by Crippen LogP contribution is 2.38. The van der Waals surface area contributed by atoms with Gasteiger partial charge in [0.25, 0.3) is 5.91 Å². The number of nitrogens with zero attached hydrogens (tertiary/aromatic N) is 4. The first-order valence-electron chi connectivity index (χ1n) is 12.1. The molecule has 0 spiro atoms. The molecular formula is C27H26F4N6O2. The van der Waals surface area contributed by atoms with Crippen LogP contribution < -0.4 is 15.8 Å². The zero-order valence-corrected chi connectivity index (χ0v) is 21.7. The number of pyridine rings is 2. The number of hydrogen-bond acceptors (Lipinski definition) is 6. The quantitative estimate of drug-likeness (QED) is 0.469. The lowest BCUT2D eigenvalue weighted by atomic mass is 9.99. The SMILES string of the molecule is Cc1cc(C#N)ncc1-c1cc(NC(=O)c2c[nH]c(=O)cc2C(F)(F)F)c(N2CC(C)N(C)[C@@H](C)C2)cc1F. The fraction of sp³-hybridized carbons (Fsp3) is 0.333. The number of amides is 1. The molecule has 1 aliphatic rings. The van der Waals surface area contributed by atoms with Crippen LogP contribution >= 0.6 is 0 Å². The van der Waals surface area contributed by atoms with Gasteiger partial charge in [-0.05, 0) is 51.6 Å². The van der Waals surface area contributed by atoms with Crippen LogP contribution in [0.2, 0.25) is 0 Å². The molecule has 1 fully saturated rings. The molecule has 1 aromatic carbocycles. The number of hydrogen-bond donors (Lipinski definition) is 2. The highest BCUT2D eigenvalue weighted by molar-refractivity contribution is 6.07. The van der Waals surface area contributed by atoms with Crippen LogP contribution in [0.4, 0.5) is 28.9 Å². The van der Waals surface area contributed by atoms with E-state index < -0.39 is 34.6 Å². The minimum atomic E-state index is -4.95. The number of aromatic nitrogens is 2. The third-order valence-corrected chi connectivity index (χ3v) is 7.02. The Morgan fingerprint density at radius 1 is 1.15 bits per heavy atom. The molecule has 12 heteroatoms. The van der Waals surface area contributed by atoms with Crippen LogP contribution in [0.15, 0.2) is 41.5 Å². The highest BCUT2D eigenvalue weighted by atomic mass is 19.4. The van der Waals surface area contributed by atoms with E-state index in [9.17, 15) is 22.8 Å². The summed E-state index contributed by atoms with van der Waals surface area (Å²) in [5.74, 6) is -1.75. The molecule has 2 atom stereocenters. The fourth-order valence-corrected chi connectivity index (χ4v) is 4.71. The first-order chi connectivity index (χ1) is 18.3. The molecule has 8 nitrogen and oxygen atoms in total. The maximum absolute atomic E-state index is 15.6. The van der Waals surface area contributed by atoms with Crippen LogP contribution in [0.25, 0.3) is 11.1 Å². The van der Waals surface area contributed by atoms with E-state index in [1.807, 2.05) is 31.9 Å². The van der Waals surface area contributed by atoms with E-state index >= 15 is 4.39 Å². The average Bonchev–Trinajstić information content (AvgIpc) is 2.87. The second-order valence-electron chi connectivity index (χ2n) is 9.69. The Morgan fingerprint density at radius 3 is 2.41 bits per heavy atom. The number of rotatable bonds is 4. The van der Waals surface area contributed by atoms with Crippen LogP contribution in [0.5, 0.6) is 0 Å². The molecule has 3 aromatic rings. The van der Waals surface area contributed by atoms with Gasteiger partial charge in [0.05, 0.1) is 22.5 Å². The number of alkyl halides is 3. The predicted octanol–water partition coefficient (Wildman–Crippen LogP) is 4.56.